The topological polar surface area (TPSA) is 92.9 Å². The van der Waals surface area contributed by atoms with Crippen molar-refractivity contribution in [3.8, 4) is 5.75 Å². The highest BCUT2D eigenvalue weighted by Crippen LogP contribution is 2.32. The molecule has 28 heavy (non-hydrogen) atoms. The molecule has 0 bridgehead atoms. The molecule has 0 radical (unpaired) electrons. The molecule has 2 N–H and O–H groups in total. The number of hydrogen-bond donors (Lipinski definition) is 1. The molecule has 0 aliphatic carbocycles. The average Bonchev–Trinajstić information content (AvgIpc) is 3.10. The van der Waals surface area contributed by atoms with Crippen molar-refractivity contribution in [2.45, 2.75) is 31.1 Å². The van der Waals surface area contributed by atoms with Gasteiger partial charge in [-0.15, -0.1) is 12.4 Å². The van der Waals surface area contributed by atoms with Gasteiger partial charge in [-0.25, -0.2) is 8.42 Å². The van der Waals surface area contributed by atoms with Crippen LogP contribution in [-0.2, 0) is 14.8 Å². The SMILES string of the molecule is COc1ccc(S(=O)(=O)N2CCC(C(=O)N3CCC(C)(CN)C3)CC2)cc1.Cl. The molecule has 3 rings (SSSR count). The highest BCUT2D eigenvalue weighted by molar-refractivity contribution is 7.89. The monoisotopic (exact) mass is 431 g/mol. The van der Waals surface area contributed by atoms with E-state index < -0.39 is 10.0 Å². The second-order valence-electron chi connectivity index (χ2n) is 7.88. The van der Waals surface area contributed by atoms with Gasteiger partial charge in [-0.05, 0) is 55.5 Å². The summed E-state index contributed by atoms with van der Waals surface area (Å²) >= 11 is 0. The first-order valence-electron chi connectivity index (χ1n) is 9.42. The lowest BCUT2D eigenvalue weighted by molar-refractivity contribution is -0.136. The smallest absolute Gasteiger partial charge is 0.243 e. The van der Waals surface area contributed by atoms with E-state index in [1.165, 1.54) is 4.31 Å². The fourth-order valence-electron chi connectivity index (χ4n) is 3.88. The summed E-state index contributed by atoms with van der Waals surface area (Å²) in [5, 5.41) is 0. The van der Waals surface area contributed by atoms with Crippen LogP contribution >= 0.6 is 12.4 Å². The Morgan fingerprint density at radius 1 is 1.21 bits per heavy atom. The normalized spacial score (nSPS) is 24.0. The molecule has 0 aromatic heterocycles. The van der Waals surface area contributed by atoms with Crippen LogP contribution in [0, 0.1) is 11.3 Å². The van der Waals surface area contributed by atoms with Crippen LogP contribution in [-0.4, -0.2) is 63.4 Å². The third kappa shape index (κ3) is 4.62. The van der Waals surface area contributed by atoms with Gasteiger partial charge >= 0.3 is 0 Å². The second kappa shape index (κ2) is 8.98. The lowest BCUT2D eigenvalue weighted by Gasteiger charge is -2.33. The van der Waals surface area contributed by atoms with Crippen molar-refractivity contribution >= 4 is 28.3 Å². The molecule has 1 amide bonds. The minimum absolute atomic E-state index is 0. The van der Waals surface area contributed by atoms with Crippen LogP contribution in [0.2, 0.25) is 0 Å². The van der Waals surface area contributed by atoms with Crippen molar-refractivity contribution in [3.63, 3.8) is 0 Å². The number of likely N-dealkylation sites (tertiary alicyclic amines) is 1. The number of benzene rings is 1. The molecular weight excluding hydrogens is 402 g/mol. The van der Waals surface area contributed by atoms with Crippen LogP contribution < -0.4 is 10.5 Å². The van der Waals surface area contributed by atoms with Gasteiger partial charge in [0.25, 0.3) is 0 Å². The van der Waals surface area contributed by atoms with Crippen molar-refractivity contribution in [1.29, 1.82) is 0 Å². The van der Waals surface area contributed by atoms with Crippen LogP contribution in [0.15, 0.2) is 29.2 Å². The Balaban J connectivity index is 0.00000280. The van der Waals surface area contributed by atoms with Crippen LogP contribution in [0.25, 0.3) is 0 Å². The number of ether oxygens (including phenoxy) is 1. The first-order valence-corrected chi connectivity index (χ1v) is 10.9. The van der Waals surface area contributed by atoms with Crippen molar-refractivity contribution < 1.29 is 17.9 Å². The maximum Gasteiger partial charge on any atom is 0.243 e. The van der Waals surface area contributed by atoms with Crippen LogP contribution in [0.1, 0.15) is 26.2 Å². The van der Waals surface area contributed by atoms with E-state index in [2.05, 4.69) is 6.92 Å². The number of carbonyl (C=O) groups is 1. The summed E-state index contributed by atoms with van der Waals surface area (Å²) in [6, 6.07) is 6.41. The van der Waals surface area contributed by atoms with Gasteiger partial charge in [0.15, 0.2) is 0 Å². The molecular formula is C19H30ClN3O4S. The summed E-state index contributed by atoms with van der Waals surface area (Å²) < 4.78 is 32.2. The maximum atomic E-state index is 12.8. The standard InChI is InChI=1S/C19H29N3O4S.ClH/c1-19(13-20)9-12-21(14-19)18(23)15-7-10-22(11-8-15)27(24,25)17-5-3-16(26-2)4-6-17;/h3-6,15H,7-14,20H2,1-2H3;1H. The molecule has 1 atom stereocenters. The number of halogens is 1. The van der Waals surface area contributed by atoms with Gasteiger partial charge in [-0.2, -0.15) is 4.31 Å². The number of sulfonamides is 1. The summed E-state index contributed by atoms with van der Waals surface area (Å²) in [4.78, 5) is 15.0. The van der Waals surface area contributed by atoms with E-state index in [0.29, 0.717) is 44.8 Å². The molecule has 2 aliphatic heterocycles. The van der Waals surface area contributed by atoms with Crippen molar-refractivity contribution in [1.82, 2.24) is 9.21 Å². The molecule has 2 aliphatic rings. The predicted octanol–water partition coefficient (Wildman–Crippen LogP) is 1.71. The Bertz CT molecular complexity index is 779. The van der Waals surface area contributed by atoms with E-state index in [-0.39, 0.29) is 34.5 Å². The van der Waals surface area contributed by atoms with Gasteiger partial charge in [0.05, 0.1) is 12.0 Å². The molecule has 1 aromatic rings. The highest BCUT2D eigenvalue weighted by atomic mass is 35.5. The zero-order valence-corrected chi connectivity index (χ0v) is 18.1. The zero-order valence-electron chi connectivity index (χ0n) is 16.5. The van der Waals surface area contributed by atoms with E-state index in [0.717, 1.165) is 13.0 Å². The number of piperidine rings is 1. The average molecular weight is 432 g/mol. The Hall–Kier alpha value is -1.35. The van der Waals surface area contributed by atoms with Crippen LogP contribution in [0.5, 0.6) is 5.75 Å². The molecule has 158 valence electrons. The summed E-state index contributed by atoms with van der Waals surface area (Å²) in [7, 11) is -2.00. The summed E-state index contributed by atoms with van der Waals surface area (Å²) in [5.74, 6) is 0.662. The molecule has 1 unspecified atom stereocenters. The van der Waals surface area contributed by atoms with Crippen molar-refractivity contribution in [2.24, 2.45) is 17.1 Å². The fourth-order valence-corrected chi connectivity index (χ4v) is 5.35. The molecule has 9 heteroatoms. The number of carbonyl (C=O) groups excluding carboxylic acids is 1. The summed E-state index contributed by atoms with van der Waals surface area (Å²) in [6.45, 7) is 4.88. The molecule has 7 nitrogen and oxygen atoms in total. The van der Waals surface area contributed by atoms with E-state index in [4.69, 9.17) is 10.5 Å². The quantitative estimate of drug-likeness (QED) is 0.766. The largest absolute Gasteiger partial charge is 0.497 e. The number of nitrogens with zero attached hydrogens (tertiary/aromatic N) is 2. The van der Waals surface area contributed by atoms with E-state index >= 15 is 0 Å². The number of hydrogen-bond acceptors (Lipinski definition) is 5. The molecule has 0 spiro atoms. The number of methoxy groups -OCH3 is 1. The zero-order chi connectivity index (χ0) is 19.7. The van der Waals surface area contributed by atoms with E-state index in [1.807, 2.05) is 4.90 Å². The lowest BCUT2D eigenvalue weighted by atomic mass is 9.90. The molecule has 2 fully saturated rings. The van der Waals surface area contributed by atoms with Gasteiger partial charge in [-0.1, -0.05) is 6.92 Å². The number of nitrogens with two attached hydrogens (primary N) is 1. The Labute approximate surface area is 173 Å². The third-order valence-corrected chi connectivity index (χ3v) is 7.78. The molecule has 2 saturated heterocycles. The van der Waals surface area contributed by atoms with E-state index in [9.17, 15) is 13.2 Å². The van der Waals surface area contributed by atoms with Gasteiger partial charge < -0.3 is 15.4 Å². The molecule has 2 heterocycles. The molecule has 1 aromatic carbocycles. The predicted molar refractivity (Wildman–Crippen MR) is 110 cm³/mol. The van der Waals surface area contributed by atoms with Gasteiger partial charge in [0.1, 0.15) is 5.75 Å². The Morgan fingerprint density at radius 3 is 2.32 bits per heavy atom. The lowest BCUT2D eigenvalue weighted by Crippen LogP contribution is -2.44. The van der Waals surface area contributed by atoms with Crippen LogP contribution in [0.3, 0.4) is 0 Å². The van der Waals surface area contributed by atoms with Gasteiger partial charge in [0, 0.05) is 32.1 Å². The number of amides is 1. The first-order chi connectivity index (χ1) is 12.8. The highest BCUT2D eigenvalue weighted by Gasteiger charge is 2.39. The third-order valence-electron chi connectivity index (χ3n) is 5.86. The summed E-state index contributed by atoms with van der Waals surface area (Å²) in [5.41, 5.74) is 5.84. The first kappa shape index (κ1) is 22.9. The van der Waals surface area contributed by atoms with Crippen molar-refractivity contribution in [2.75, 3.05) is 39.8 Å². The molecule has 0 saturated carbocycles. The number of rotatable bonds is 5. The van der Waals surface area contributed by atoms with Crippen LogP contribution in [0.4, 0.5) is 0 Å². The minimum Gasteiger partial charge on any atom is -0.497 e. The maximum absolute atomic E-state index is 12.8. The second-order valence-corrected chi connectivity index (χ2v) is 9.82. The van der Waals surface area contributed by atoms with Gasteiger partial charge in [0.2, 0.25) is 15.9 Å². The Kier molecular flexibility index (Phi) is 7.36. The Morgan fingerprint density at radius 2 is 1.82 bits per heavy atom. The van der Waals surface area contributed by atoms with Gasteiger partial charge in [-0.3, -0.25) is 4.79 Å². The fraction of sp³-hybridized carbons (Fsp3) is 0.632. The van der Waals surface area contributed by atoms with E-state index in [1.54, 1.807) is 31.4 Å². The minimum atomic E-state index is -3.54. The van der Waals surface area contributed by atoms with Crippen molar-refractivity contribution in [3.05, 3.63) is 24.3 Å². The summed E-state index contributed by atoms with van der Waals surface area (Å²) in [6.07, 6.45) is 2.05.